The average Bonchev–Trinajstić information content (AvgIpc) is 2.58. The Hall–Kier alpha value is -2.72. The first-order valence-electron chi connectivity index (χ1n) is 7.50. The Kier molecular flexibility index (Phi) is 4.58. The second-order valence-corrected chi connectivity index (χ2v) is 5.92. The van der Waals surface area contributed by atoms with Crippen LogP contribution in [0.15, 0.2) is 48.5 Å². The monoisotopic (exact) mass is 337 g/mol. The van der Waals surface area contributed by atoms with Gasteiger partial charge in [-0.25, -0.2) is 9.97 Å². The molecule has 4 nitrogen and oxygen atoms in total. The summed E-state index contributed by atoms with van der Waals surface area (Å²) in [6.45, 7) is 1.92. The Labute approximate surface area is 145 Å². The van der Waals surface area contributed by atoms with E-state index in [0.717, 1.165) is 17.4 Å². The molecule has 0 radical (unpaired) electrons. The van der Waals surface area contributed by atoms with Crippen molar-refractivity contribution < 1.29 is 4.79 Å². The summed E-state index contributed by atoms with van der Waals surface area (Å²) in [7, 11) is 0. The number of nitrogens with two attached hydrogens (primary N) is 1. The van der Waals surface area contributed by atoms with Crippen LogP contribution >= 0.6 is 11.6 Å². The molecule has 0 bridgehead atoms. The quantitative estimate of drug-likeness (QED) is 0.728. The van der Waals surface area contributed by atoms with E-state index >= 15 is 0 Å². The number of carbonyl (C=O) groups excluding carboxylic acids is 1. The third-order valence-corrected chi connectivity index (χ3v) is 4.02. The van der Waals surface area contributed by atoms with Gasteiger partial charge in [0.1, 0.15) is 11.5 Å². The molecule has 0 saturated heterocycles. The molecule has 0 spiro atoms. The van der Waals surface area contributed by atoms with E-state index in [9.17, 15) is 4.79 Å². The Morgan fingerprint density at radius 2 is 1.88 bits per heavy atom. The molecular formula is C19H16ClN3O. The number of carbonyl (C=O) groups is 1. The van der Waals surface area contributed by atoms with Crippen molar-refractivity contribution in [3.8, 4) is 11.3 Å². The fraction of sp³-hybridized carbons (Fsp3) is 0.105. The van der Waals surface area contributed by atoms with E-state index in [4.69, 9.17) is 17.3 Å². The molecule has 2 N–H and O–H groups in total. The number of halogens is 1. The molecule has 1 heterocycles. The molecular weight excluding hydrogens is 322 g/mol. The predicted octanol–water partition coefficient (Wildman–Crippen LogP) is 4.09. The molecule has 3 rings (SSSR count). The minimum Gasteiger partial charge on any atom is -0.382 e. The number of rotatable bonds is 4. The maximum absolute atomic E-state index is 11.4. The van der Waals surface area contributed by atoms with Crippen molar-refractivity contribution in [3.63, 3.8) is 0 Å². The van der Waals surface area contributed by atoms with Crippen molar-refractivity contribution >= 4 is 23.7 Å². The van der Waals surface area contributed by atoms with Gasteiger partial charge in [-0.15, -0.1) is 0 Å². The van der Waals surface area contributed by atoms with Gasteiger partial charge >= 0.3 is 0 Å². The average molecular weight is 338 g/mol. The minimum atomic E-state index is 0.191. The Morgan fingerprint density at radius 3 is 2.58 bits per heavy atom. The molecule has 0 aliphatic carbocycles. The Bertz CT molecular complexity index is 895. The summed E-state index contributed by atoms with van der Waals surface area (Å²) in [5, 5.41) is 0.191. The van der Waals surface area contributed by atoms with Crippen LogP contribution in [0.3, 0.4) is 0 Å². The number of nitrogens with zero attached hydrogens (tertiary/aromatic N) is 2. The minimum absolute atomic E-state index is 0.191. The largest absolute Gasteiger partial charge is 0.382 e. The maximum atomic E-state index is 11.4. The fourth-order valence-corrected chi connectivity index (χ4v) is 2.78. The summed E-state index contributed by atoms with van der Waals surface area (Å²) >= 11 is 6.24. The van der Waals surface area contributed by atoms with Crippen LogP contribution in [0.1, 0.15) is 27.2 Å². The lowest BCUT2D eigenvalue weighted by atomic mass is 10.0. The number of nitrogen functional groups attached to an aromatic ring is 1. The standard InChI is InChI=1S/C19H16ClN3O/c1-12-7-8-15(14(9-12)11-24)17-18(20)23-19(21)16(22-17)10-13-5-3-2-4-6-13/h2-9,11H,10H2,1H3,(H2,21,23). The van der Waals surface area contributed by atoms with Crippen molar-refractivity contribution in [2.75, 3.05) is 5.73 Å². The lowest BCUT2D eigenvalue weighted by Crippen LogP contribution is -2.05. The van der Waals surface area contributed by atoms with E-state index < -0.39 is 0 Å². The van der Waals surface area contributed by atoms with Crippen molar-refractivity contribution in [2.24, 2.45) is 0 Å². The molecule has 0 aliphatic rings. The topological polar surface area (TPSA) is 68.9 Å². The molecule has 0 atom stereocenters. The van der Waals surface area contributed by atoms with Crippen LogP contribution in [0.5, 0.6) is 0 Å². The van der Waals surface area contributed by atoms with E-state index in [1.54, 1.807) is 6.07 Å². The van der Waals surface area contributed by atoms with Crippen LogP contribution in [-0.2, 0) is 6.42 Å². The Morgan fingerprint density at radius 1 is 1.12 bits per heavy atom. The predicted molar refractivity (Wildman–Crippen MR) is 96.3 cm³/mol. The van der Waals surface area contributed by atoms with Gasteiger partial charge in [0.2, 0.25) is 0 Å². The molecule has 0 unspecified atom stereocenters. The Balaban J connectivity index is 2.09. The second kappa shape index (κ2) is 6.81. The second-order valence-electron chi connectivity index (χ2n) is 5.57. The highest BCUT2D eigenvalue weighted by atomic mass is 35.5. The van der Waals surface area contributed by atoms with Gasteiger partial charge in [0.15, 0.2) is 11.4 Å². The zero-order chi connectivity index (χ0) is 17.1. The number of benzene rings is 2. The van der Waals surface area contributed by atoms with Gasteiger partial charge in [0.05, 0.1) is 5.69 Å². The van der Waals surface area contributed by atoms with Gasteiger partial charge in [0, 0.05) is 17.5 Å². The van der Waals surface area contributed by atoms with Crippen LogP contribution < -0.4 is 5.73 Å². The molecule has 5 heteroatoms. The SMILES string of the molecule is Cc1ccc(-c2nc(Cc3ccccc3)c(N)nc2Cl)c(C=O)c1. The number of anilines is 1. The zero-order valence-electron chi connectivity index (χ0n) is 13.2. The third-order valence-electron chi connectivity index (χ3n) is 3.76. The lowest BCUT2D eigenvalue weighted by Gasteiger charge is -2.11. The van der Waals surface area contributed by atoms with Gasteiger partial charge < -0.3 is 5.73 Å². The van der Waals surface area contributed by atoms with E-state index in [-0.39, 0.29) is 5.15 Å². The maximum Gasteiger partial charge on any atom is 0.157 e. The van der Waals surface area contributed by atoms with Crippen molar-refractivity contribution in [1.29, 1.82) is 0 Å². The number of hydrogen-bond acceptors (Lipinski definition) is 4. The summed E-state index contributed by atoms with van der Waals surface area (Å²) in [5.74, 6) is 0.298. The first kappa shape index (κ1) is 16.1. The van der Waals surface area contributed by atoms with Gasteiger partial charge in [0.25, 0.3) is 0 Å². The highest BCUT2D eigenvalue weighted by Crippen LogP contribution is 2.29. The number of aryl methyl sites for hydroxylation is 1. The fourth-order valence-electron chi connectivity index (χ4n) is 2.55. The van der Waals surface area contributed by atoms with E-state index in [0.29, 0.717) is 34.8 Å². The summed E-state index contributed by atoms with van der Waals surface area (Å²) in [4.78, 5) is 20.2. The summed E-state index contributed by atoms with van der Waals surface area (Å²) < 4.78 is 0. The molecule has 0 saturated carbocycles. The summed E-state index contributed by atoms with van der Waals surface area (Å²) in [6.07, 6.45) is 1.35. The van der Waals surface area contributed by atoms with Crippen LogP contribution in [0, 0.1) is 6.92 Å². The first-order valence-corrected chi connectivity index (χ1v) is 7.88. The van der Waals surface area contributed by atoms with Crippen LogP contribution in [0.25, 0.3) is 11.3 Å². The van der Waals surface area contributed by atoms with Gasteiger partial charge in [-0.05, 0) is 18.6 Å². The molecule has 24 heavy (non-hydrogen) atoms. The summed E-state index contributed by atoms with van der Waals surface area (Å²) in [6, 6.07) is 15.4. The van der Waals surface area contributed by atoms with Crippen LogP contribution in [0.2, 0.25) is 5.15 Å². The molecule has 0 aliphatic heterocycles. The molecule has 1 aromatic heterocycles. The highest BCUT2D eigenvalue weighted by Gasteiger charge is 2.15. The first-order chi connectivity index (χ1) is 11.6. The highest BCUT2D eigenvalue weighted by molar-refractivity contribution is 6.32. The van der Waals surface area contributed by atoms with Crippen molar-refractivity contribution in [1.82, 2.24) is 9.97 Å². The van der Waals surface area contributed by atoms with Gasteiger partial charge in [-0.3, -0.25) is 4.79 Å². The smallest absolute Gasteiger partial charge is 0.157 e. The third kappa shape index (κ3) is 3.29. The zero-order valence-corrected chi connectivity index (χ0v) is 13.9. The number of aldehydes is 1. The molecule has 120 valence electrons. The molecule has 2 aromatic carbocycles. The number of aromatic nitrogens is 2. The van der Waals surface area contributed by atoms with Crippen LogP contribution in [-0.4, -0.2) is 16.3 Å². The van der Waals surface area contributed by atoms with Crippen molar-refractivity contribution in [2.45, 2.75) is 13.3 Å². The molecule has 0 amide bonds. The van der Waals surface area contributed by atoms with Crippen molar-refractivity contribution in [3.05, 3.63) is 76.1 Å². The van der Waals surface area contributed by atoms with E-state index in [1.807, 2.05) is 49.4 Å². The van der Waals surface area contributed by atoms with Gasteiger partial charge in [-0.1, -0.05) is 59.6 Å². The van der Waals surface area contributed by atoms with E-state index in [1.165, 1.54) is 0 Å². The number of hydrogen-bond donors (Lipinski definition) is 1. The van der Waals surface area contributed by atoms with Gasteiger partial charge in [-0.2, -0.15) is 0 Å². The summed E-state index contributed by atoms with van der Waals surface area (Å²) in [5.41, 5.74) is 10.3. The molecule has 3 aromatic rings. The normalized spacial score (nSPS) is 10.6. The van der Waals surface area contributed by atoms with Crippen LogP contribution in [0.4, 0.5) is 5.82 Å². The van der Waals surface area contributed by atoms with E-state index in [2.05, 4.69) is 9.97 Å². The lowest BCUT2D eigenvalue weighted by molar-refractivity contribution is 0.112. The molecule has 0 fully saturated rings.